The fourth-order valence-electron chi connectivity index (χ4n) is 2.62. The molecule has 6 heteroatoms. The fraction of sp³-hybridized carbons (Fsp3) is 0.312. The van der Waals surface area contributed by atoms with E-state index in [-0.39, 0.29) is 24.2 Å². The van der Waals surface area contributed by atoms with Gasteiger partial charge in [-0.25, -0.2) is 0 Å². The molecule has 0 unspecified atom stereocenters. The van der Waals surface area contributed by atoms with Crippen LogP contribution in [-0.4, -0.2) is 28.1 Å². The number of amides is 2. The fourth-order valence-corrected chi connectivity index (χ4v) is 2.62. The molecule has 0 radical (unpaired) electrons. The smallest absolute Gasteiger partial charge is 0.230 e. The van der Waals surface area contributed by atoms with Gasteiger partial charge in [-0.2, -0.15) is 5.10 Å². The summed E-state index contributed by atoms with van der Waals surface area (Å²) < 4.78 is 1.76. The first kappa shape index (κ1) is 14.3. The SMILES string of the molecule is Cn1nc(NC(=O)[C@@H]2CNC(=O)C2)cc1C1=CC=CC=CC1. The summed E-state index contributed by atoms with van der Waals surface area (Å²) in [5, 5.41) is 9.79. The average molecular weight is 298 g/mol. The standard InChI is InChI=1S/C16H18N4O2/c1-20-13(11-6-4-2-3-5-7-11)9-14(19-20)18-16(22)12-8-15(21)17-10-12/h2-6,9,12H,7-8,10H2,1H3,(H,17,21)(H,18,19,22)/t12-/m0/s1. The molecule has 2 aliphatic rings. The van der Waals surface area contributed by atoms with Gasteiger partial charge in [0.15, 0.2) is 5.82 Å². The maximum atomic E-state index is 12.1. The van der Waals surface area contributed by atoms with Crippen molar-refractivity contribution in [1.29, 1.82) is 0 Å². The maximum absolute atomic E-state index is 12.1. The summed E-state index contributed by atoms with van der Waals surface area (Å²) in [7, 11) is 1.85. The average Bonchev–Trinajstić information content (AvgIpc) is 2.96. The van der Waals surface area contributed by atoms with E-state index in [4.69, 9.17) is 0 Å². The minimum atomic E-state index is -0.319. The van der Waals surface area contributed by atoms with Crippen LogP contribution in [-0.2, 0) is 16.6 Å². The van der Waals surface area contributed by atoms with E-state index in [1.54, 1.807) is 4.68 Å². The van der Waals surface area contributed by atoms with Crippen molar-refractivity contribution in [3.05, 3.63) is 42.1 Å². The number of nitrogens with one attached hydrogen (secondary N) is 2. The molecule has 114 valence electrons. The van der Waals surface area contributed by atoms with Crippen LogP contribution in [0.3, 0.4) is 0 Å². The topological polar surface area (TPSA) is 76.0 Å². The molecular formula is C16H18N4O2. The van der Waals surface area contributed by atoms with E-state index in [1.165, 1.54) is 0 Å². The number of hydrogen-bond donors (Lipinski definition) is 2. The van der Waals surface area contributed by atoms with Crippen molar-refractivity contribution in [3.8, 4) is 0 Å². The quantitative estimate of drug-likeness (QED) is 0.885. The third-order valence-corrected chi connectivity index (χ3v) is 3.80. The lowest BCUT2D eigenvalue weighted by Gasteiger charge is -2.05. The monoisotopic (exact) mass is 298 g/mol. The summed E-state index contributed by atoms with van der Waals surface area (Å²) in [6, 6.07) is 1.86. The van der Waals surface area contributed by atoms with Gasteiger partial charge in [-0.15, -0.1) is 0 Å². The number of aromatic nitrogens is 2. The Labute approximate surface area is 128 Å². The van der Waals surface area contributed by atoms with E-state index < -0.39 is 0 Å². The number of anilines is 1. The van der Waals surface area contributed by atoms with Crippen LogP contribution in [0.4, 0.5) is 5.82 Å². The Balaban J connectivity index is 1.73. The highest BCUT2D eigenvalue weighted by molar-refractivity contribution is 5.96. The summed E-state index contributed by atoms with van der Waals surface area (Å²) in [5.41, 5.74) is 2.10. The highest BCUT2D eigenvalue weighted by Gasteiger charge is 2.28. The molecule has 1 aromatic heterocycles. The van der Waals surface area contributed by atoms with Gasteiger partial charge in [0.05, 0.1) is 11.6 Å². The van der Waals surface area contributed by atoms with Crippen molar-refractivity contribution in [2.75, 3.05) is 11.9 Å². The summed E-state index contributed by atoms with van der Waals surface area (Å²) in [6.45, 7) is 0.394. The van der Waals surface area contributed by atoms with E-state index in [0.717, 1.165) is 17.7 Å². The van der Waals surface area contributed by atoms with E-state index in [2.05, 4.69) is 21.8 Å². The van der Waals surface area contributed by atoms with Crippen molar-refractivity contribution in [3.63, 3.8) is 0 Å². The maximum Gasteiger partial charge on any atom is 0.230 e. The first-order chi connectivity index (χ1) is 10.6. The molecule has 2 amide bonds. The van der Waals surface area contributed by atoms with Crippen molar-refractivity contribution >= 4 is 23.2 Å². The van der Waals surface area contributed by atoms with Crippen LogP contribution in [0.2, 0.25) is 0 Å². The Bertz CT molecular complexity index is 697. The highest BCUT2D eigenvalue weighted by Crippen LogP contribution is 2.23. The predicted octanol–water partition coefficient (Wildman–Crippen LogP) is 1.39. The van der Waals surface area contributed by atoms with Crippen molar-refractivity contribution in [2.45, 2.75) is 12.8 Å². The molecule has 0 bridgehead atoms. The molecule has 22 heavy (non-hydrogen) atoms. The number of rotatable bonds is 3. The number of allylic oxidation sites excluding steroid dienone is 6. The van der Waals surface area contributed by atoms with Gasteiger partial charge in [0.25, 0.3) is 0 Å². The predicted molar refractivity (Wildman–Crippen MR) is 83.8 cm³/mol. The molecule has 1 fully saturated rings. The van der Waals surface area contributed by atoms with Crippen molar-refractivity contribution < 1.29 is 9.59 Å². The molecular weight excluding hydrogens is 280 g/mol. The van der Waals surface area contributed by atoms with Crippen molar-refractivity contribution in [1.82, 2.24) is 15.1 Å². The van der Waals surface area contributed by atoms with Gasteiger partial charge in [0.2, 0.25) is 11.8 Å². The number of aryl methyl sites for hydroxylation is 1. The lowest BCUT2D eigenvalue weighted by atomic mass is 10.1. The molecule has 1 aliphatic carbocycles. The van der Waals surface area contributed by atoms with E-state index in [0.29, 0.717) is 12.4 Å². The summed E-state index contributed by atoms with van der Waals surface area (Å²) in [4.78, 5) is 23.3. The van der Waals surface area contributed by atoms with Gasteiger partial charge in [-0.3, -0.25) is 14.3 Å². The van der Waals surface area contributed by atoms with Crippen LogP contribution in [0.1, 0.15) is 18.5 Å². The van der Waals surface area contributed by atoms with Crippen LogP contribution >= 0.6 is 0 Å². The highest BCUT2D eigenvalue weighted by atomic mass is 16.2. The molecule has 2 heterocycles. The Morgan fingerprint density at radius 3 is 3.05 bits per heavy atom. The number of nitrogens with zero attached hydrogens (tertiary/aromatic N) is 2. The zero-order valence-corrected chi connectivity index (χ0v) is 12.4. The molecule has 3 rings (SSSR count). The minimum absolute atomic E-state index is 0.0796. The first-order valence-corrected chi connectivity index (χ1v) is 7.28. The van der Waals surface area contributed by atoms with E-state index >= 15 is 0 Å². The van der Waals surface area contributed by atoms with Crippen LogP contribution in [0, 0.1) is 5.92 Å². The van der Waals surface area contributed by atoms with Gasteiger partial charge in [0, 0.05) is 26.1 Å². The molecule has 1 saturated heterocycles. The van der Waals surface area contributed by atoms with Crippen LogP contribution in [0.25, 0.3) is 5.57 Å². The normalized spacial score (nSPS) is 20.5. The van der Waals surface area contributed by atoms with Gasteiger partial charge in [0.1, 0.15) is 0 Å². The molecule has 0 spiro atoms. The number of carbonyl (C=O) groups excluding carboxylic acids is 2. The summed E-state index contributed by atoms with van der Waals surface area (Å²) >= 11 is 0. The molecule has 1 aromatic rings. The van der Waals surface area contributed by atoms with E-state index in [9.17, 15) is 9.59 Å². The Morgan fingerprint density at radius 1 is 1.41 bits per heavy atom. The summed E-state index contributed by atoms with van der Waals surface area (Å²) in [5.74, 6) is -0.0532. The van der Waals surface area contributed by atoms with Crippen LogP contribution in [0.15, 0.2) is 36.4 Å². The third-order valence-electron chi connectivity index (χ3n) is 3.80. The van der Waals surface area contributed by atoms with Crippen LogP contribution in [0.5, 0.6) is 0 Å². The Hall–Kier alpha value is -2.63. The molecule has 0 saturated carbocycles. The largest absolute Gasteiger partial charge is 0.355 e. The lowest BCUT2D eigenvalue weighted by molar-refractivity contribution is -0.123. The molecule has 6 nitrogen and oxygen atoms in total. The molecule has 0 aromatic carbocycles. The Kier molecular flexibility index (Phi) is 3.91. The minimum Gasteiger partial charge on any atom is -0.355 e. The van der Waals surface area contributed by atoms with Gasteiger partial charge >= 0.3 is 0 Å². The molecule has 1 aliphatic heterocycles. The third kappa shape index (κ3) is 3.00. The zero-order valence-electron chi connectivity index (χ0n) is 12.4. The van der Waals surface area contributed by atoms with E-state index in [1.807, 2.05) is 37.4 Å². The zero-order chi connectivity index (χ0) is 15.5. The molecule has 2 N–H and O–H groups in total. The van der Waals surface area contributed by atoms with Gasteiger partial charge < -0.3 is 10.6 Å². The number of carbonyl (C=O) groups is 2. The second-order valence-electron chi connectivity index (χ2n) is 5.44. The summed E-state index contributed by atoms with van der Waals surface area (Å²) in [6.07, 6.45) is 11.2. The van der Waals surface area contributed by atoms with Gasteiger partial charge in [-0.1, -0.05) is 30.4 Å². The second kappa shape index (κ2) is 6.01. The second-order valence-corrected chi connectivity index (χ2v) is 5.44. The first-order valence-electron chi connectivity index (χ1n) is 7.28. The van der Waals surface area contributed by atoms with Gasteiger partial charge in [-0.05, 0) is 12.0 Å². The molecule has 1 atom stereocenters. The number of hydrogen-bond acceptors (Lipinski definition) is 3. The van der Waals surface area contributed by atoms with Crippen LogP contribution < -0.4 is 10.6 Å². The Morgan fingerprint density at radius 2 is 2.27 bits per heavy atom. The van der Waals surface area contributed by atoms with Crippen molar-refractivity contribution in [2.24, 2.45) is 13.0 Å². The lowest BCUT2D eigenvalue weighted by Crippen LogP contribution is -2.24.